The van der Waals surface area contributed by atoms with E-state index in [0.717, 1.165) is 11.3 Å². The molecule has 0 saturated heterocycles. The Kier molecular flexibility index (Phi) is 3.72. The summed E-state index contributed by atoms with van der Waals surface area (Å²) in [4.78, 5) is 11.0. The van der Waals surface area contributed by atoms with Crippen molar-refractivity contribution < 1.29 is 9.53 Å². The zero-order chi connectivity index (χ0) is 11.4. The Morgan fingerprint density at radius 3 is 2.67 bits per heavy atom. The summed E-state index contributed by atoms with van der Waals surface area (Å²) in [5.74, 6) is 0.769. The fourth-order valence-corrected chi connectivity index (χ4v) is 1.17. The molecule has 0 spiro atoms. The molecule has 82 valence electrons. The Bertz CT molecular complexity index is 359. The second-order valence-electron chi connectivity index (χ2n) is 4.05. The van der Waals surface area contributed by atoms with Gasteiger partial charge in [-0.1, -0.05) is 19.9 Å². The first kappa shape index (κ1) is 11.6. The number of rotatable bonds is 4. The molecule has 0 aliphatic carbocycles. The van der Waals surface area contributed by atoms with Gasteiger partial charge in [-0.3, -0.25) is 4.79 Å². The number of primary amides is 1. The third-order valence-electron chi connectivity index (χ3n) is 2.04. The molecule has 0 saturated carbocycles. The minimum atomic E-state index is -0.426. The molecule has 1 amide bonds. The lowest BCUT2D eigenvalue weighted by Gasteiger charge is -2.11. The average Bonchev–Trinajstić information content (AvgIpc) is 2.16. The van der Waals surface area contributed by atoms with E-state index in [4.69, 9.17) is 10.5 Å². The number of benzene rings is 1. The summed E-state index contributed by atoms with van der Waals surface area (Å²) >= 11 is 0. The summed E-state index contributed by atoms with van der Waals surface area (Å²) in [6, 6.07) is 5.25. The minimum Gasteiger partial charge on any atom is -0.493 e. The number of ether oxygens (including phenoxy) is 1. The molecule has 0 aliphatic rings. The van der Waals surface area contributed by atoms with Crippen molar-refractivity contribution in [1.29, 1.82) is 0 Å². The Labute approximate surface area is 90.2 Å². The fraction of sp³-hybridized carbons (Fsp3) is 0.417. The van der Waals surface area contributed by atoms with Gasteiger partial charge in [-0.05, 0) is 30.5 Å². The summed E-state index contributed by atoms with van der Waals surface area (Å²) in [6.45, 7) is 6.74. The third-order valence-corrected chi connectivity index (χ3v) is 2.04. The van der Waals surface area contributed by atoms with Gasteiger partial charge in [0.1, 0.15) is 5.75 Å². The van der Waals surface area contributed by atoms with Gasteiger partial charge in [0.2, 0.25) is 5.91 Å². The first-order valence-corrected chi connectivity index (χ1v) is 5.04. The molecule has 3 nitrogen and oxygen atoms in total. The van der Waals surface area contributed by atoms with Gasteiger partial charge in [0, 0.05) is 5.56 Å². The number of aryl methyl sites for hydroxylation is 1. The van der Waals surface area contributed by atoms with Crippen molar-refractivity contribution in [1.82, 2.24) is 0 Å². The molecule has 0 aliphatic heterocycles. The summed E-state index contributed by atoms with van der Waals surface area (Å²) in [7, 11) is 0. The molecular formula is C12H17NO2. The van der Waals surface area contributed by atoms with E-state index >= 15 is 0 Å². The summed E-state index contributed by atoms with van der Waals surface area (Å²) in [5.41, 5.74) is 6.69. The van der Waals surface area contributed by atoms with Crippen LogP contribution in [0.15, 0.2) is 18.2 Å². The van der Waals surface area contributed by atoms with Crippen LogP contribution in [0.25, 0.3) is 0 Å². The van der Waals surface area contributed by atoms with Crippen molar-refractivity contribution in [2.45, 2.75) is 20.8 Å². The van der Waals surface area contributed by atoms with E-state index < -0.39 is 5.91 Å². The topological polar surface area (TPSA) is 52.3 Å². The number of carbonyl (C=O) groups is 1. The monoisotopic (exact) mass is 207 g/mol. The standard InChI is InChI=1S/C12H17NO2/c1-8(2)7-15-11-6-10(12(13)14)5-4-9(11)3/h4-6,8H,7H2,1-3H3,(H2,13,14). The maximum Gasteiger partial charge on any atom is 0.248 e. The highest BCUT2D eigenvalue weighted by molar-refractivity contribution is 5.93. The predicted octanol–water partition coefficient (Wildman–Crippen LogP) is 2.13. The summed E-state index contributed by atoms with van der Waals surface area (Å²) in [6.07, 6.45) is 0. The van der Waals surface area contributed by atoms with Crippen molar-refractivity contribution in [3.8, 4) is 5.75 Å². The van der Waals surface area contributed by atoms with Crippen LogP contribution in [0.1, 0.15) is 29.8 Å². The molecule has 0 aromatic heterocycles. The van der Waals surface area contributed by atoms with Crippen LogP contribution in [0, 0.1) is 12.8 Å². The Balaban J connectivity index is 2.85. The van der Waals surface area contributed by atoms with Gasteiger partial charge >= 0.3 is 0 Å². The number of hydrogen-bond acceptors (Lipinski definition) is 2. The van der Waals surface area contributed by atoms with Crippen LogP contribution < -0.4 is 10.5 Å². The molecule has 0 unspecified atom stereocenters. The molecule has 0 radical (unpaired) electrons. The SMILES string of the molecule is Cc1ccc(C(N)=O)cc1OCC(C)C. The van der Waals surface area contributed by atoms with Crippen LogP contribution in [-0.2, 0) is 0 Å². The van der Waals surface area contributed by atoms with Gasteiger partial charge in [0.15, 0.2) is 0 Å². The molecule has 15 heavy (non-hydrogen) atoms. The molecule has 0 atom stereocenters. The molecule has 1 aromatic carbocycles. The molecule has 3 heteroatoms. The molecule has 2 N–H and O–H groups in total. The van der Waals surface area contributed by atoms with Crippen LogP contribution in [-0.4, -0.2) is 12.5 Å². The zero-order valence-corrected chi connectivity index (χ0v) is 9.41. The maximum atomic E-state index is 11.0. The summed E-state index contributed by atoms with van der Waals surface area (Å²) in [5, 5.41) is 0. The molecule has 1 aromatic rings. The first-order valence-electron chi connectivity index (χ1n) is 5.04. The summed E-state index contributed by atoms with van der Waals surface area (Å²) < 4.78 is 5.58. The van der Waals surface area contributed by atoms with Crippen LogP contribution >= 0.6 is 0 Å². The lowest BCUT2D eigenvalue weighted by molar-refractivity contribution is 0.1000. The molecule has 1 rings (SSSR count). The molecule has 0 bridgehead atoms. The highest BCUT2D eigenvalue weighted by atomic mass is 16.5. The lowest BCUT2D eigenvalue weighted by Crippen LogP contribution is -2.12. The number of nitrogens with two attached hydrogens (primary N) is 1. The van der Waals surface area contributed by atoms with E-state index in [0.29, 0.717) is 18.1 Å². The van der Waals surface area contributed by atoms with E-state index in [1.54, 1.807) is 12.1 Å². The molecule has 0 heterocycles. The van der Waals surface area contributed by atoms with E-state index in [2.05, 4.69) is 13.8 Å². The van der Waals surface area contributed by atoms with E-state index in [1.807, 2.05) is 13.0 Å². The van der Waals surface area contributed by atoms with Crippen LogP contribution in [0.2, 0.25) is 0 Å². The van der Waals surface area contributed by atoms with Gasteiger partial charge in [-0.15, -0.1) is 0 Å². The number of amides is 1. The van der Waals surface area contributed by atoms with E-state index in [1.165, 1.54) is 0 Å². The van der Waals surface area contributed by atoms with Crippen molar-refractivity contribution >= 4 is 5.91 Å². The lowest BCUT2D eigenvalue weighted by atomic mass is 10.1. The smallest absolute Gasteiger partial charge is 0.248 e. The highest BCUT2D eigenvalue weighted by Gasteiger charge is 2.06. The third kappa shape index (κ3) is 3.27. The fourth-order valence-electron chi connectivity index (χ4n) is 1.17. The number of hydrogen-bond donors (Lipinski definition) is 1. The predicted molar refractivity (Wildman–Crippen MR) is 60.0 cm³/mol. The molecular weight excluding hydrogens is 190 g/mol. The molecule has 0 fully saturated rings. The van der Waals surface area contributed by atoms with Gasteiger partial charge in [0.05, 0.1) is 6.61 Å². The zero-order valence-electron chi connectivity index (χ0n) is 9.41. The van der Waals surface area contributed by atoms with E-state index in [-0.39, 0.29) is 0 Å². The van der Waals surface area contributed by atoms with Crippen molar-refractivity contribution in [2.24, 2.45) is 11.7 Å². The number of carbonyl (C=O) groups excluding carboxylic acids is 1. The second-order valence-corrected chi connectivity index (χ2v) is 4.05. The van der Waals surface area contributed by atoms with Crippen LogP contribution in [0.4, 0.5) is 0 Å². The van der Waals surface area contributed by atoms with Gasteiger partial charge in [-0.25, -0.2) is 0 Å². The van der Waals surface area contributed by atoms with E-state index in [9.17, 15) is 4.79 Å². The Hall–Kier alpha value is -1.51. The van der Waals surface area contributed by atoms with Gasteiger partial charge < -0.3 is 10.5 Å². The normalized spacial score (nSPS) is 10.4. The van der Waals surface area contributed by atoms with Gasteiger partial charge in [0.25, 0.3) is 0 Å². The van der Waals surface area contributed by atoms with Gasteiger partial charge in [-0.2, -0.15) is 0 Å². The minimum absolute atomic E-state index is 0.426. The average molecular weight is 207 g/mol. The van der Waals surface area contributed by atoms with Crippen LogP contribution in [0.3, 0.4) is 0 Å². The Morgan fingerprint density at radius 2 is 2.13 bits per heavy atom. The maximum absolute atomic E-state index is 11.0. The Morgan fingerprint density at radius 1 is 1.47 bits per heavy atom. The van der Waals surface area contributed by atoms with Crippen molar-refractivity contribution in [2.75, 3.05) is 6.61 Å². The van der Waals surface area contributed by atoms with Crippen molar-refractivity contribution in [3.63, 3.8) is 0 Å². The first-order chi connectivity index (χ1) is 7.00. The quantitative estimate of drug-likeness (QED) is 0.822. The van der Waals surface area contributed by atoms with Crippen molar-refractivity contribution in [3.05, 3.63) is 29.3 Å². The largest absolute Gasteiger partial charge is 0.493 e. The van der Waals surface area contributed by atoms with Crippen LogP contribution in [0.5, 0.6) is 5.75 Å². The highest BCUT2D eigenvalue weighted by Crippen LogP contribution is 2.19. The second kappa shape index (κ2) is 4.82.